The van der Waals surface area contributed by atoms with Crippen LogP contribution in [0, 0.1) is 0 Å². The highest BCUT2D eigenvalue weighted by Gasteiger charge is 2.25. The minimum absolute atomic E-state index is 0.294. The molecule has 2 heterocycles. The van der Waals surface area contributed by atoms with Crippen molar-refractivity contribution in [1.82, 2.24) is 0 Å². The molecule has 0 saturated heterocycles. The molecule has 0 amide bonds. The van der Waals surface area contributed by atoms with Gasteiger partial charge < -0.3 is 9.45 Å². The smallest absolute Gasteiger partial charge is 0.212 e. The van der Waals surface area contributed by atoms with Crippen molar-refractivity contribution < 1.29 is 17.5 Å². The molecule has 0 saturated carbocycles. The Labute approximate surface area is 169 Å². The summed E-state index contributed by atoms with van der Waals surface area (Å²) in [5.74, 6) is -0.353. The van der Waals surface area contributed by atoms with Gasteiger partial charge in [-0.05, 0) is 36.3 Å². The van der Waals surface area contributed by atoms with Crippen LogP contribution in [0.5, 0.6) is 0 Å². The van der Waals surface area contributed by atoms with Crippen LogP contribution < -0.4 is 9.47 Å². The van der Waals surface area contributed by atoms with E-state index in [1.807, 2.05) is 43.6 Å². The zero-order chi connectivity index (χ0) is 19.7. The van der Waals surface area contributed by atoms with Gasteiger partial charge in [-0.25, -0.2) is 13.0 Å². The Morgan fingerprint density at radius 1 is 1.11 bits per heavy atom. The van der Waals surface area contributed by atoms with Crippen molar-refractivity contribution in [2.45, 2.75) is 11.3 Å². The summed E-state index contributed by atoms with van der Waals surface area (Å²) >= 11 is 1.66. The number of para-hydroxylation sites is 2. The molecule has 0 spiro atoms. The first-order valence-electron chi connectivity index (χ1n) is 8.99. The van der Waals surface area contributed by atoms with Crippen molar-refractivity contribution in [2.24, 2.45) is 7.05 Å². The average molecular weight is 413 g/mol. The lowest BCUT2D eigenvalue weighted by Gasteiger charge is -2.21. The van der Waals surface area contributed by atoms with Crippen LogP contribution in [0.2, 0.25) is 0 Å². The second kappa shape index (κ2) is 7.58. The maximum Gasteiger partial charge on any atom is 0.212 e. The largest absolute Gasteiger partial charge is 0.748 e. The molecule has 0 radical (unpaired) electrons. The number of fused-ring (bicyclic) bond motifs is 2. The Morgan fingerprint density at radius 3 is 2.68 bits per heavy atom. The molecule has 7 heteroatoms. The highest BCUT2D eigenvalue weighted by molar-refractivity contribution is 8.03. The van der Waals surface area contributed by atoms with Crippen molar-refractivity contribution in [2.75, 3.05) is 17.2 Å². The van der Waals surface area contributed by atoms with Crippen LogP contribution >= 0.6 is 11.8 Å². The van der Waals surface area contributed by atoms with Gasteiger partial charge in [0.2, 0.25) is 5.52 Å². The number of hydrogen-bond acceptors (Lipinski definition) is 5. The van der Waals surface area contributed by atoms with Gasteiger partial charge in [-0.3, -0.25) is 0 Å². The zero-order valence-electron chi connectivity index (χ0n) is 15.4. The number of rotatable bonds is 5. The van der Waals surface area contributed by atoms with Crippen LogP contribution in [0.4, 0.5) is 5.69 Å². The minimum atomic E-state index is -4.21. The highest BCUT2D eigenvalue weighted by Crippen LogP contribution is 2.46. The molecule has 28 heavy (non-hydrogen) atoms. The third-order valence-electron chi connectivity index (χ3n) is 4.76. The third kappa shape index (κ3) is 3.92. The number of pyridine rings is 1. The molecule has 1 aliphatic rings. The fourth-order valence-electron chi connectivity index (χ4n) is 3.44. The van der Waals surface area contributed by atoms with Crippen LogP contribution in [0.15, 0.2) is 70.7 Å². The molecule has 0 atom stereocenters. The number of benzene rings is 2. The lowest BCUT2D eigenvalue weighted by Crippen LogP contribution is -2.28. The van der Waals surface area contributed by atoms with Crippen molar-refractivity contribution in [3.63, 3.8) is 0 Å². The summed E-state index contributed by atoms with van der Waals surface area (Å²) in [7, 11) is -2.19. The van der Waals surface area contributed by atoms with Gasteiger partial charge in [0.1, 0.15) is 7.05 Å². The first-order chi connectivity index (χ1) is 13.4. The fourth-order valence-corrected chi connectivity index (χ4v) is 5.06. The number of aryl methyl sites for hydroxylation is 1. The molecule has 0 unspecified atom stereocenters. The molecule has 2 aromatic carbocycles. The molecule has 1 aromatic heterocycles. The van der Waals surface area contributed by atoms with Gasteiger partial charge in [-0.15, -0.1) is 0 Å². The second-order valence-electron chi connectivity index (χ2n) is 6.72. The molecule has 5 nitrogen and oxygen atoms in total. The van der Waals surface area contributed by atoms with Gasteiger partial charge in [-0.2, -0.15) is 0 Å². The van der Waals surface area contributed by atoms with E-state index in [9.17, 15) is 13.0 Å². The van der Waals surface area contributed by atoms with E-state index in [1.165, 1.54) is 0 Å². The summed E-state index contributed by atoms with van der Waals surface area (Å²) in [4.78, 5) is 3.23. The maximum atomic E-state index is 11.0. The quantitative estimate of drug-likeness (QED) is 0.474. The summed E-state index contributed by atoms with van der Waals surface area (Å²) in [6.07, 6.45) is 4.47. The molecule has 0 fully saturated rings. The number of thioether (sulfide) groups is 1. The first kappa shape index (κ1) is 19.0. The Morgan fingerprint density at radius 2 is 1.86 bits per heavy atom. The Balaban J connectivity index is 1.72. The van der Waals surface area contributed by atoms with E-state index in [0.29, 0.717) is 13.0 Å². The van der Waals surface area contributed by atoms with Crippen LogP contribution in [0.1, 0.15) is 12.0 Å². The van der Waals surface area contributed by atoms with E-state index in [0.717, 1.165) is 32.1 Å². The molecule has 4 rings (SSSR count). The third-order valence-corrected chi connectivity index (χ3v) is 6.67. The summed E-state index contributed by atoms with van der Waals surface area (Å²) in [5.41, 5.74) is 3.29. The molecule has 144 valence electrons. The minimum Gasteiger partial charge on any atom is -0.748 e. The zero-order valence-corrected chi connectivity index (χ0v) is 17.0. The van der Waals surface area contributed by atoms with E-state index in [2.05, 4.69) is 39.8 Å². The van der Waals surface area contributed by atoms with E-state index in [1.54, 1.807) is 11.8 Å². The number of nitrogens with zero attached hydrogens (tertiary/aromatic N) is 2. The van der Waals surface area contributed by atoms with Crippen LogP contribution in [0.25, 0.3) is 17.0 Å². The van der Waals surface area contributed by atoms with Gasteiger partial charge in [0.25, 0.3) is 0 Å². The lowest BCUT2D eigenvalue weighted by molar-refractivity contribution is -0.644. The average Bonchev–Trinajstić information content (AvgIpc) is 3.01. The monoisotopic (exact) mass is 412 g/mol. The van der Waals surface area contributed by atoms with Gasteiger partial charge in [0.15, 0.2) is 6.20 Å². The number of anilines is 1. The predicted octanol–water partition coefficient (Wildman–Crippen LogP) is 3.51. The number of hydrogen-bond donors (Lipinski definition) is 0. The van der Waals surface area contributed by atoms with E-state index < -0.39 is 10.1 Å². The normalized spacial score (nSPS) is 15.4. The molecular weight excluding hydrogens is 392 g/mol. The van der Waals surface area contributed by atoms with Crippen LogP contribution in [-0.4, -0.2) is 25.3 Å². The highest BCUT2D eigenvalue weighted by atomic mass is 32.2. The summed E-state index contributed by atoms with van der Waals surface area (Å²) in [6.45, 7) is 0.482. The van der Waals surface area contributed by atoms with Crippen molar-refractivity contribution in [1.29, 1.82) is 0 Å². The molecule has 1 aliphatic heterocycles. The Hall–Kier alpha value is -2.35. The van der Waals surface area contributed by atoms with Gasteiger partial charge in [0, 0.05) is 29.3 Å². The Kier molecular flexibility index (Phi) is 5.14. The van der Waals surface area contributed by atoms with Crippen molar-refractivity contribution in [3.8, 4) is 0 Å². The summed E-state index contributed by atoms with van der Waals surface area (Å²) < 4.78 is 35.1. The van der Waals surface area contributed by atoms with E-state index in [-0.39, 0.29) is 5.75 Å². The Bertz CT molecular complexity index is 1170. The predicted molar refractivity (Wildman–Crippen MR) is 112 cm³/mol. The molecular formula is C21H20N2O3S2. The van der Waals surface area contributed by atoms with Crippen molar-refractivity contribution in [3.05, 3.63) is 71.4 Å². The first-order valence-corrected chi connectivity index (χ1v) is 11.4. The molecule has 3 aromatic rings. The van der Waals surface area contributed by atoms with E-state index in [4.69, 9.17) is 0 Å². The summed E-state index contributed by atoms with van der Waals surface area (Å²) in [6, 6.07) is 18.4. The maximum absolute atomic E-state index is 11.0. The number of aromatic nitrogens is 1. The SMILES string of the molecule is C[n+]1ccc(/C=C2/Sc3ccccc3N2CCCS(=O)(=O)[O-])c2ccccc21. The van der Waals surface area contributed by atoms with Crippen LogP contribution in [0.3, 0.4) is 0 Å². The van der Waals surface area contributed by atoms with Crippen molar-refractivity contribution >= 4 is 44.5 Å². The lowest BCUT2D eigenvalue weighted by atomic mass is 10.1. The summed E-state index contributed by atoms with van der Waals surface area (Å²) in [5, 5.41) is 2.18. The molecule has 0 aliphatic carbocycles. The van der Waals surface area contributed by atoms with Gasteiger partial charge in [-0.1, -0.05) is 36.0 Å². The second-order valence-corrected chi connectivity index (χ2v) is 9.30. The van der Waals surface area contributed by atoms with Gasteiger partial charge in [0.05, 0.1) is 26.2 Å². The van der Waals surface area contributed by atoms with Crippen LogP contribution in [-0.2, 0) is 17.2 Å². The van der Waals surface area contributed by atoms with E-state index >= 15 is 0 Å². The molecule has 0 N–H and O–H groups in total. The molecule has 0 bridgehead atoms. The topological polar surface area (TPSA) is 64.3 Å². The standard InChI is InChI=1S/C21H20N2O3S2/c1-22-13-11-16(17-7-2-3-8-18(17)22)15-21-23(12-6-14-28(24,25)26)19-9-4-5-10-20(19)27-21/h2-5,7-11,13,15H,6,12,14H2,1H3. The van der Waals surface area contributed by atoms with Gasteiger partial charge >= 0.3 is 0 Å². The fraction of sp³-hybridized carbons (Fsp3) is 0.190.